The predicted molar refractivity (Wildman–Crippen MR) is 105 cm³/mol. The van der Waals surface area contributed by atoms with Crippen LogP contribution in [-0.2, 0) is 11.3 Å². The summed E-state index contributed by atoms with van der Waals surface area (Å²) >= 11 is 1.64. The van der Waals surface area contributed by atoms with Gasteiger partial charge < -0.3 is 10.2 Å². The molecular weight excluding hydrogens is 363 g/mol. The third-order valence-electron chi connectivity index (χ3n) is 4.87. The van der Waals surface area contributed by atoms with Crippen LogP contribution >= 0.6 is 11.8 Å². The Labute approximate surface area is 163 Å². The van der Waals surface area contributed by atoms with Crippen molar-refractivity contribution in [3.8, 4) is 0 Å². The molecule has 0 radical (unpaired) electrons. The number of hydrogen-bond acceptors (Lipinski definition) is 3. The predicted octanol–water partition coefficient (Wildman–Crippen LogP) is 3.72. The van der Waals surface area contributed by atoms with Gasteiger partial charge in [0, 0.05) is 36.0 Å². The van der Waals surface area contributed by atoms with Crippen LogP contribution in [0.2, 0.25) is 0 Å². The van der Waals surface area contributed by atoms with Gasteiger partial charge in [0.25, 0.3) is 5.91 Å². The summed E-state index contributed by atoms with van der Waals surface area (Å²) in [5, 5.41) is 2.91. The Morgan fingerprint density at radius 2 is 1.70 bits per heavy atom. The molecule has 0 saturated carbocycles. The Bertz CT molecular complexity index is 785. The SMILES string of the molecule is CSc1ccc(C(=O)N2CCC(C(=O)NCc3ccc(F)cc3)CC2)cc1. The van der Waals surface area contributed by atoms with Gasteiger partial charge in [0.1, 0.15) is 5.82 Å². The average molecular weight is 386 g/mol. The zero-order chi connectivity index (χ0) is 19.2. The molecule has 1 saturated heterocycles. The number of likely N-dealkylation sites (tertiary alicyclic amines) is 1. The average Bonchev–Trinajstić information content (AvgIpc) is 2.73. The van der Waals surface area contributed by atoms with Gasteiger partial charge in [-0.1, -0.05) is 12.1 Å². The number of nitrogens with one attached hydrogen (secondary N) is 1. The molecule has 2 aromatic carbocycles. The van der Waals surface area contributed by atoms with Gasteiger partial charge in [-0.2, -0.15) is 0 Å². The second-order valence-electron chi connectivity index (χ2n) is 6.64. The first kappa shape index (κ1) is 19.4. The molecule has 1 fully saturated rings. The normalized spacial score (nSPS) is 14.8. The standard InChI is InChI=1S/C21H23FN2O2S/c1-27-19-8-4-17(5-9-19)21(26)24-12-10-16(11-13-24)20(25)23-14-15-2-6-18(22)7-3-15/h2-9,16H,10-14H2,1H3,(H,23,25). The zero-order valence-electron chi connectivity index (χ0n) is 15.3. The molecular formula is C21H23FN2O2S. The quantitative estimate of drug-likeness (QED) is 0.797. The van der Waals surface area contributed by atoms with E-state index in [1.807, 2.05) is 35.4 Å². The molecule has 1 N–H and O–H groups in total. The van der Waals surface area contributed by atoms with Crippen LogP contribution in [0.3, 0.4) is 0 Å². The van der Waals surface area contributed by atoms with Gasteiger partial charge in [-0.25, -0.2) is 4.39 Å². The van der Waals surface area contributed by atoms with Crippen LogP contribution in [0.1, 0.15) is 28.8 Å². The molecule has 0 aromatic heterocycles. The highest BCUT2D eigenvalue weighted by atomic mass is 32.2. The smallest absolute Gasteiger partial charge is 0.253 e. The van der Waals surface area contributed by atoms with Gasteiger partial charge in [-0.3, -0.25) is 9.59 Å². The maximum Gasteiger partial charge on any atom is 0.253 e. The van der Waals surface area contributed by atoms with Gasteiger partial charge in [0.2, 0.25) is 5.91 Å². The second-order valence-corrected chi connectivity index (χ2v) is 7.52. The largest absolute Gasteiger partial charge is 0.352 e. The number of carbonyl (C=O) groups is 2. The van der Waals surface area contributed by atoms with Crippen LogP contribution in [0.4, 0.5) is 4.39 Å². The van der Waals surface area contributed by atoms with Crippen molar-refractivity contribution in [1.82, 2.24) is 10.2 Å². The minimum atomic E-state index is -0.287. The van der Waals surface area contributed by atoms with Crippen molar-refractivity contribution in [1.29, 1.82) is 0 Å². The monoisotopic (exact) mass is 386 g/mol. The summed E-state index contributed by atoms with van der Waals surface area (Å²) in [7, 11) is 0. The second kappa shape index (κ2) is 9.04. The third kappa shape index (κ3) is 5.10. The van der Waals surface area contributed by atoms with E-state index >= 15 is 0 Å². The van der Waals surface area contributed by atoms with Gasteiger partial charge in [-0.15, -0.1) is 11.8 Å². The maximum absolute atomic E-state index is 12.9. The molecule has 4 nitrogen and oxygen atoms in total. The molecule has 142 valence electrons. The lowest BCUT2D eigenvalue weighted by molar-refractivity contribution is -0.126. The molecule has 1 aliphatic heterocycles. The number of carbonyl (C=O) groups excluding carboxylic acids is 2. The maximum atomic E-state index is 12.9. The van der Waals surface area contributed by atoms with E-state index in [9.17, 15) is 14.0 Å². The van der Waals surface area contributed by atoms with Crippen molar-refractivity contribution in [3.05, 3.63) is 65.5 Å². The van der Waals surface area contributed by atoms with E-state index in [4.69, 9.17) is 0 Å². The lowest BCUT2D eigenvalue weighted by Gasteiger charge is -2.31. The molecule has 27 heavy (non-hydrogen) atoms. The Balaban J connectivity index is 1.48. The molecule has 1 aliphatic rings. The lowest BCUT2D eigenvalue weighted by atomic mass is 9.95. The summed E-state index contributed by atoms with van der Waals surface area (Å²) in [6, 6.07) is 13.7. The van der Waals surface area contributed by atoms with E-state index in [-0.39, 0.29) is 23.5 Å². The van der Waals surface area contributed by atoms with Crippen LogP contribution in [0.15, 0.2) is 53.4 Å². The molecule has 0 atom stereocenters. The first-order valence-corrected chi connectivity index (χ1v) is 10.2. The Morgan fingerprint density at radius 1 is 1.07 bits per heavy atom. The number of nitrogens with zero attached hydrogens (tertiary/aromatic N) is 1. The van der Waals surface area contributed by atoms with Crippen molar-refractivity contribution in [2.24, 2.45) is 5.92 Å². The molecule has 0 bridgehead atoms. The van der Waals surface area contributed by atoms with Gasteiger partial charge in [-0.05, 0) is 61.1 Å². The summed E-state index contributed by atoms with van der Waals surface area (Å²) in [5.74, 6) is -0.359. The Hall–Kier alpha value is -2.34. The van der Waals surface area contributed by atoms with E-state index in [1.165, 1.54) is 12.1 Å². The zero-order valence-corrected chi connectivity index (χ0v) is 16.1. The molecule has 2 amide bonds. The number of benzene rings is 2. The molecule has 6 heteroatoms. The van der Waals surface area contributed by atoms with Crippen molar-refractivity contribution in [2.45, 2.75) is 24.3 Å². The lowest BCUT2D eigenvalue weighted by Crippen LogP contribution is -2.42. The highest BCUT2D eigenvalue weighted by Gasteiger charge is 2.27. The third-order valence-corrected chi connectivity index (χ3v) is 5.61. The highest BCUT2D eigenvalue weighted by Crippen LogP contribution is 2.21. The minimum Gasteiger partial charge on any atom is -0.352 e. The van der Waals surface area contributed by atoms with Crippen molar-refractivity contribution in [3.63, 3.8) is 0 Å². The minimum absolute atomic E-state index is 0.00394. The topological polar surface area (TPSA) is 49.4 Å². The van der Waals surface area contributed by atoms with E-state index in [0.29, 0.717) is 38.0 Å². The van der Waals surface area contributed by atoms with Crippen molar-refractivity contribution < 1.29 is 14.0 Å². The molecule has 0 aliphatic carbocycles. The molecule has 1 heterocycles. The summed E-state index contributed by atoms with van der Waals surface area (Å²) in [6.07, 6.45) is 3.32. The van der Waals surface area contributed by atoms with Crippen molar-refractivity contribution >= 4 is 23.6 Å². The fourth-order valence-electron chi connectivity index (χ4n) is 3.20. The Kier molecular flexibility index (Phi) is 6.50. The number of halogens is 1. The van der Waals surface area contributed by atoms with Crippen LogP contribution in [-0.4, -0.2) is 36.1 Å². The van der Waals surface area contributed by atoms with E-state index in [1.54, 1.807) is 23.9 Å². The van der Waals surface area contributed by atoms with E-state index in [0.717, 1.165) is 10.5 Å². The summed E-state index contributed by atoms with van der Waals surface area (Å²) in [6.45, 7) is 1.55. The summed E-state index contributed by atoms with van der Waals surface area (Å²) < 4.78 is 12.9. The molecule has 3 rings (SSSR count). The summed E-state index contributed by atoms with van der Waals surface area (Å²) in [4.78, 5) is 27.9. The van der Waals surface area contributed by atoms with Crippen LogP contribution in [0.25, 0.3) is 0 Å². The van der Waals surface area contributed by atoms with E-state index < -0.39 is 0 Å². The number of thioether (sulfide) groups is 1. The van der Waals surface area contributed by atoms with Gasteiger partial charge in [0.05, 0.1) is 0 Å². The van der Waals surface area contributed by atoms with Crippen LogP contribution in [0, 0.1) is 11.7 Å². The van der Waals surface area contributed by atoms with Crippen LogP contribution < -0.4 is 5.32 Å². The van der Waals surface area contributed by atoms with Crippen LogP contribution in [0.5, 0.6) is 0 Å². The number of rotatable bonds is 5. The molecule has 0 spiro atoms. The first-order valence-electron chi connectivity index (χ1n) is 9.02. The van der Waals surface area contributed by atoms with E-state index in [2.05, 4.69) is 5.32 Å². The molecule has 2 aromatic rings. The molecule has 0 unspecified atom stereocenters. The highest BCUT2D eigenvalue weighted by molar-refractivity contribution is 7.98. The van der Waals surface area contributed by atoms with Gasteiger partial charge >= 0.3 is 0 Å². The van der Waals surface area contributed by atoms with Crippen molar-refractivity contribution in [2.75, 3.05) is 19.3 Å². The van der Waals surface area contributed by atoms with Gasteiger partial charge in [0.15, 0.2) is 0 Å². The number of hydrogen-bond donors (Lipinski definition) is 1. The Morgan fingerprint density at radius 3 is 2.30 bits per heavy atom. The first-order chi connectivity index (χ1) is 13.1. The number of piperidine rings is 1. The summed E-state index contributed by atoms with van der Waals surface area (Å²) in [5.41, 5.74) is 1.55. The number of amides is 2. The fourth-order valence-corrected chi connectivity index (χ4v) is 3.60. The fraction of sp³-hybridized carbons (Fsp3) is 0.333.